The largest absolute Gasteiger partial charge is 0.497 e. The van der Waals surface area contributed by atoms with E-state index in [1.165, 1.54) is 6.42 Å². The first-order chi connectivity index (χ1) is 14.0. The molecule has 1 aromatic rings. The number of benzene rings is 1. The lowest BCUT2D eigenvalue weighted by atomic mass is 9.89. The third-order valence-corrected chi connectivity index (χ3v) is 7.19. The van der Waals surface area contributed by atoms with Crippen molar-refractivity contribution in [2.75, 3.05) is 44.7 Å². The van der Waals surface area contributed by atoms with Crippen molar-refractivity contribution in [2.24, 2.45) is 0 Å². The zero-order valence-electron chi connectivity index (χ0n) is 17.8. The van der Waals surface area contributed by atoms with Gasteiger partial charge in [-0.1, -0.05) is 12.5 Å². The fourth-order valence-corrected chi connectivity index (χ4v) is 5.56. The number of nitrogens with zero attached hydrogens (tertiary/aromatic N) is 3. The standard InChI is InChI=1S/C23H35N3O3/c1-18(27)26-13-9-21-22(26)8-3-4-12-25(21)17-23(28)10-14-24(15-11-23)19-6-5-7-20(16-19)29-2/h5-7,16,21-22,28H,3-4,8-15,17H2,1-2H3/t21-,22-/m1/s1. The molecule has 0 saturated carbocycles. The van der Waals surface area contributed by atoms with Crippen molar-refractivity contribution in [3.63, 3.8) is 0 Å². The maximum absolute atomic E-state index is 12.0. The monoisotopic (exact) mass is 401 g/mol. The summed E-state index contributed by atoms with van der Waals surface area (Å²) in [5, 5.41) is 11.4. The molecule has 0 aliphatic carbocycles. The third-order valence-electron chi connectivity index (χ3n) is 7.19. The number of amides is 1. The van der Waals surface area contributed by atoms with Gasteiger partial charge in [0.1, 0.15) is 5.75 Å². The highest BCUT2D eigenvalue weighted by Gasteiger charge is 2.43. The second kappa shape index (κ2) is 8.52. The van der Waals surface area contributed by atoms with Gasteiger partial charge in [-0.25, -0.2) is 0 Å². The summed E-state index contributed by atoms with van der Waals surface area (Å²) in [6, 6.07) is 8.90. The normalized spacial score (nSPS) is 27.4. The molecule has 2 atom stereocenters. The summed E-state index contributed by atoms with van der Waals surface area (Å²) in [6.45, 7) is 6.03. The Labute approximate surface area is 174 Å². The topological polar surface area (TPSA) is 56.3 Å². The highest BCUT2D eigenvalue weighted by atomic mass is 16.5. The van der Waals surface area contributed by atoms with Gasteiger partial charge in [-0.3, -0.25) is 9.69 Å². The van der Waals surface area contributed by atoms with Crippen LogP contribution in [-0.4, -0.2) is 78.3 Å². The predicted molar refractivity (Wildman–Crippen MR) is 114 cm³/mol. The van der Waals surface area contributed by atoms with Gasteiger partial charge in [0.15, 0.2) is 0 Å². The van der Waals surface area contributed by atoms with Gasteiger partial charge < -0.3 is 19.6 Å². The molecule has 0 bridgehead atoms. The lowest BCUT2D eigenvalue weighted by Crippen LogP contribution is -2.55. The first-order valence-electron chi connectivity index (χ1n) is 11.1. The van der Waals surface area contributed by atoms with E-state index in [9.17, 15) is 9.90 Å². The average Bonchev–Trinajstić information content (AvgIpc) is 3.06. The Balaban J connectivity index is 1.39. The molecule has 3 heterocycles. The van der Waals surface area contributed by atoms with E-state index in [4.69, 9.17) is 4.74 Å². The molecule has 0 aromatic heterocycles. The molecule has 6 heteroatoms. The number of rotatable bonds is 4. The van der Waals surface area contributed by atoms with E-state index in [2.05, 4.69) is 26.8 Å². The predicted octanol–water partition coefficient (Wildman–Crippen LogP) is 2.50. The van der Waals surface area contributed by atoms with Crippen molar-refractivity contribution in [2.45, 2.75) is 63.1 Å². The molecular weight excluding hydrogens is 366 g/mol. The molecule has 1 amide bonds. The van der Waals surface area contributed by atoms with Crippen LogP contribution in [0.3, 0.4) is 0 Å². The molecule has 160 valence electrons. The lowest BCUT2D eigenvalue weighted by molar-refractivity contribution is -0.130. The number of aliphatic hydroxyl groups is 1. The van der Waals surface area contributed by atoms with Gasteiger partial charge >= 0.3 is 0 Å². The summed E-state index contributed by atoms with van der Waals surface area (Å²) in [4.78, 5) is 18.9. The molecule has 1 N–H and O–H groups in total. The number of piperidine rings is 1. The minimum absolute atomic E-state index is 0.199. The van der Waals surface area contributed by atoms with E-state index in [-0.39, 0.29) is 5.91 Å². The van der Waals surface area contributed by atoms with Crippen molar-refractivity contribution >= 4 is 11.6 Å². The molecule has 3 aliphatic rings. The Morgan fingerprint density at radius 3 is 2.66 bits per heavy atom. The van der Waals surface area contributed by atoms with Crippen molar-refractivity contribution in [1.29, 1.82) is 0 Å². The lowest BCUT2D eigenvalue weighted by Gasteiger charge is -2.43. The first kappa shape index (κ1) is 20.5. The van der Waals surface area contributed by atoms with Crippen LogP contribution in [0.25, 0.3) is 0 Å². The third kappa shape index (κ3) is 4.38. The number of carbonyl (C=O) groups excluding carboxylic acids is 1. The molecule has 0 unspecified atom stereocenters. The number of hydrogen-bond acceptors (Lipinski definition) is 5. The van der Waals surface area contributed by atoms with Crippen LogP contribution < -0.4 is 9.64 Å². The van der Waals surface area contributed by atoms with E-state index in [0.29, 0.717) is 12.1 Å². The fourth-order valence-electron chi connectivity index (χ4n) is 5.56. The molecule has 6 nitrogen and oxygen atoms in total. The Morgan fingerprint density at radius 1 is 1.14 bits per heavy atom. The van der Waals surface area contributed by atoms with E-state index in [1.807, 2.05) is 12.1 Å². The van der Waals surface area contributed by atoms with Gasteiger partial charge in [-0.05, 0) is 50.8 Å². The molecule has 3 fully saturated rings. The minimum atomic E-state index is -0.645. The number of hydrogen-bond donors (Lipinski definition) is 1. The smallest absolute Gasteiger partial charge is 0.219 e. The summed E-state index contributed by atoms with van der Waals surface area (Å²) < 4.78 is 5.35. The van der Waals surface area contributed by atoms with Crippen LogP contribution >= 0.6 is 0 Å². The van der Waals surface area contributed by atoms with Crippen LogP contribution in [-0.2, 0) is 4.79 Å². The summed E-state index contributed by atoms with van der Waals surface area (Å²) in [5.74, 6) is 1.07. The molecule has 3 saturated heterocycles. The van der Waals surface area contributed by atoms with Crippen molar-refractivity contribution in [3.05, 3.63) is 24.3 Å². The van der Waals surface area contributed by atoms with E-state index in [0.717, 1.165) is 76.3 Å². The Hall–Kier alpha value is -1.79. The maximum Gasteiger partial charge on any atom is 0.219 e. The fraction of sp³-hybridized carbons (Fsp3) is 0.696. The van der Waals surface area contributed by atoms with Crippen LogP contribution in [0, 0.1) is 0 Å². The zero-order chi connectivity index (χ0) is 20.4. The second-order valence-corrected chi connectivity index (χ2v) is 9.01. The Morgan fingerprint density at radius 2 is 1.93 bits per heavy atom. The van der Waals surface area contributed by atoms with Crippen LogP contribution in [0.1, 0.15) is 45.4 Å². The van der Waals surface area contributed by atoms with Gasteiger partial charge in [0.2, 0.25) is 5.91 Å². The molecule has 4 rings (SSSR count). The maximum atomic E-state index is 12.0. The number of likely N-dealkylation sites (tertiary alicyclic amines) is 2. The summed E-state index contributed by atoms with van der Waals surface area (Å²) in [5.41, 5.74) is 0.516. The summed E-state index contributed by atoms with van der Waals surface area (Å²) >= 11 is 0. The highest BCUT2D eigenvalue weighted by molar-refractivity contribution is 5.74. The minimum Gasteiger partial charge on any atom is -0.497 e. The summed E-state index contributed by atoms with van der Waals surface area (Å²) in [6.07, 6.45) is 6.01. The second-order valence-electron chi connectivity index (χ2n) is 9.01. The zero-order valence-corrected chi connectivity index (χ0v) is 17.8. The van der Waals surface area contributed by atoms with Gasteiger partial charge in [-0.15, -0.1) is 0 Å². The quantitative estimate of drug-likeness (QED) is 0.840. The highest BCUT2D eigenvalue weighted by Crippen LogP contribution is 2.34. The van der Waals surface area contributed by atoms with E-state index < -0.39 is 5.60 Å². The number of methoxy groups -OCH3 is 1. The number of carbonyl (C=O) groups is 1. The van der Waals surface area contributed by atoms with Gasteiger partial charge in [0.05, 0.1) is 12.7 Å². The molecule has 1 aromatic carbocycles. The molecular formula is C23H35N3O3. The van der Waals surface area contributed by atoms with Gasteiger partial charge in [0.25, 0.3) is 0 Å². The number of ether oxygens (including phenoxy) is 1. The number of β-amino-alcohol motifs (C(OH)–C–C–N with tert-alkyl or cyclic N) is 1. The van der Waals surface area contributed by atoms with Crippen molar-refractivity contribution in [1.82, 2.24) is 9.80 Å². The van der Waals surface area contributed by atoms with E-state index in [1.54, 1.807) is 14.0 Å². The average molecular weight is 402 g/mol. The van der Waals surface area contributed by atoms with Crippen molar-refractivity contribution < 1.29 is 14.6 Å². The molecule has 29 heavy (non-hydrogen) atoms. The Bertz CT molecular complexity index is 717. The molecule has 0 radical (unpaired) electrons. The SMILES string of the molecule is COc1cccc(N2CCC(O)(CN3CCCC[C@@H]4[C@H]3CCN4C(C)=O)CC2)c1. The first-order valence-corrected chi connectivity index (χ1v) is 11.1. The number of fused-ring (bicyclic) bond motifs is 1. The van der Waals surface area contributed by atoms with E-state index >= 15 is 0 Å². The van der Waals surface area contributed by atoms with Crippen molar-refractivity contribution in [3.8, 4) is 5.75 Å². The Kier molecular flexibility index (Phi) is 6.02. The number of anilines is 1. The van der Waals surface area contributed by atoms with Gasteiger partial charge in [-0.2, -0.15) is 0 Å². The van der Waals surface area contributed by atoms with Gasteiger partial charge in [0, 0.05) is 56.9 Å². The van der Waals surface area contributed by atoms with Crippen LogP contribution in [0.4, 0.5) is 5.69 Å². The molecule has 0 spiro atoms. The molecule has 3 aliphatic heterocycles. The summed E-state index contributed by atoms with van der Waals surface area (Å²) in [7, 11) is 1.69. The van der Waals surface area contributed by atoms with Crippen LogP contribution in [0.5, 0.6) is 5.75 Å². The van der Waals surface area contributed by atoms with Crippen LogP contribution in [0.15, 0.2) is 24.3 Å². The van der Waals surface area contributed by atoms with Crippen LogP contribution in [0.2, 0.25) is 0 Å².